The average molecular weight is 373 g/mol. The molecule has 3 rings (SSSR count). The van der Waals surface area contributed by atoms with Gasteiger partial charge in [0.25, 0.3) is 0 Å². The van der Waals surface area contributed by atoms with E-state index in [2.05, 4.69) is 9.97 Å². The van der Waals surface area contributed by atoms with Gasteiger partial charge < -0.3 is 9.84 Å². The summed E-state index contributed by atoms with van der Waals surface area (Å²) in [6.07, 6.45) is 4.52. The third kappa shape index (κ3) is 3.88. The number of aromatic nitrogens is 2. The first-order valence-corrected chi connectivity index (χ1v) is 8.91. The number of hydrogen-bond donors (Lipinski definition) is 1. The van der Waals surface area contributed by atoms with E-state index in [0.717, 1.165) is 12.0 Å². The topological polar surface area (TPSA) is 72.3 Å². The minimum absolute atomic E-state index is 0.0478. The molecule has 0 spiro atoms. The Bertz CT molecular complexity index is 873. The molecule has 1 aliphatic carbocycles. The molecule has 2 aromatic rings. The van der Waals surface area contributed by atoms with Crippen LogP contribution in [-0.2, 0) is 11.2 Å². The highest BCUT2D eigenvalue weighted by molar-refractivity contribution is 6.30. The number of aliphatic hydroxyl groups excluding tert-OH is 1. The Labute approximate surface area is 157 Å². The number of halogens is 1. The highest BCUT2D eigenvalue weighted by atomic mass is 35.5. The lowest BCUT2D eigenvalue weighted by Gasteiger charge is -2.30. The van der Waals surface area contributed by atoms with Crippen molar-refractivity contribution in [2.45, 2.75) is 40.0 Å². The standard InChI is InChI=1S/C20H21ClN2O3/c1-4-12-5-6-14(26-19-22-10-13(21)11-23-19)7-15(12)18-16(24)8-20(2,3)9-17(18)25/h5-7,10-11,24H,4,8-9H2,1-3H3. The second kappa shape index (κ2) is 7.08. The minimum Gasteiger partial charge on any atom is -0.512 e. The predicted molar refractivity (Wildman–Crippen MR) is 101 cm³/mol. The number of carbonyl (C=O) groups is 1. The van der Waals surface area contributed by atoms with Gasteiger partial charge in [-0.2, -0.15) is 0 Å². The first-order valence-electron chi connectivity index (χ1n) is 8.53. The summed E-state index contributed by atoms with van der Waals surface area (Å²) in [5, 5.41) is 11.0. The van der Waals surface area contributed by atoms with Crippen molar-refractivity contribution in [3.63, 3.8) is 0 Å². The van der Waals surface area contributed by atoms with Crippen LogP contribution in [-0.4, -0.2) is 20.9 Å². The number of allylic oxidation sites excluding steroid dienone is 2. The van der Waals surface area contributed by atoms with Gasteiger partial charge in [-0.1, -0.05) is 38.4 Å². The van der Waals surface area contributed by atoms with E-state index in [1.165, 1.54) is 12.4 Å². The molecule has 0 radical (unpaired) electrons. The number of Topliss-reactive ketones (excluding diaryl/α,β-unsaturated/α-hetero) is 1. The highest BCUT2D eigenvalue weighted by Gasteiger charge is 2.34. The van der Waals surface area contributed by atoms with E-state index in [4.69, 9.17) is 16.3 Å². The summed E-state index contributed by atoms with van der Waals surface area (Å²) in [5.41, 5.74) is 1.84. The Hall–Kier alpha value is -2.40. The van der Waals surface area contributed by atoms with Crippen LogP contribution < -0.4 is 4.74 Å². The number of hydrogen-bond acceptors (Lipinski definition) is 5. The molecule has 1 aromatic carbocycles. The third-order valence-electron chi connectivity index (χ3n) is 4.39. The molecular weight excluding hydrogens is 352 g/mol. The third-order valence-corrected chi connectivity index (χ3v) is 4.59. The molecule has 1 N–H and O–H groups in total. The van der Waals surface area contributed by atoms with Gasteiger partial charge in [0.15, 0.2) is 5.78 Å². The summed E-state index contributed by atoms with van der Waals surface area (Å²) in [6, 6.07) is 5.63. The molecule has 1 heterocycles. The Morgan fingerprint density at radius 1 is 1.23 bits per heavy atom. The molecule has 0 aliphatic heterocycles. The largest absolute Gasteiger partial charge is 0.512 e. The van der Waals surface area contributed by atoms with E-state index < -0.39 is 0 Å². The van der Waals surface area contributed by atoms with Crippen molar-refractivity contribution < 1.29 is 14.6 Å². The van der Waals surface area contributed by atoms with E-state index in [-0.39, 0.29) is 23.0 Å². The number of benzene rings is 1. The number of rotatable bonds is 4. The molecule has 0 fully saturated rings. The first kappa shape index (κ1) is 18.4. The summed E-state index contributed by atoms with van der Waals surface area (Å²) < 4.78 is 5.68. The summed E-state index contributed by atoms with van der Waals surface area (Å²) in [4.78, 5) is 20.7. The smallest absolute Gasteiger partial charge is 0.321 e. The number of aryl methyl sites for hydroxylation is 1. The molecule has 0 bridgehead atoms. The predicted octanol–water partition coefficient (Wildman–Crippen LogP) is 5.14. The van der Waals surface area contributed by atoms with Crippen molar-refractivity contribution in [1.82, 2.24) is 9.97 Å². The van der Waals surface area contributed by atoms with Gasteiger partial charge in [-0.05, 0) is 35.1 Å². The van der Waals surface area contributed by atoms with Crippen LogP contribution in [0.2, 0.25) is 5.02 Å². The Morgan fingerprint density at radius 3 is 2.54 bits per heavy atom. The van der Waals surface area contributed by atoms with Crippen molar-refractivity contribution >= 4 is 23.0 Å². The summed E-state index contributed by atoms with van der Waals surface area (Å²) in [6.45, 7) is 5.97. The van der Waals surface area contributed by atoms with E-state index in [1.807, 2.05) is 26.8 Å². The Morgan fingerprint density at radius 2 is 1.92 bits per heavy atom. The maximum atomic E-state index is 12.7. The van der Waals surface area contributed by atoms with Crippen LogP contribution in [0.1, 0.15) is 44.7 Å². The van der Waals surface area contributed by atoms with Crippen LogP contribution in [0.25, 0.3) is 5.57 Å². The fourth-order valence-electron chi connectivity index (χ4n) is 3.21. The lowest BCUT2D eigenvalue weighted by molar-refractivity contribution is -0.116. The average Bonchev–Trinajstić information content (AvgIpc) is 2.55. The lowest BCUT2D eigenvalue weighted by atomic mass is 9.74. The number of carbonyl (C=O) groups excluding carboxylic acids is 1. The zero-order chi connectivity index (χ0) is 18.9. The number of aliphatic hydroxyl groups is 1. The molecule has 0 unspecified atom stereocenters. The van der Waals surface area contributed by atoms with Gasteiger partial charge in [0.1, 0.15) is 11.5 Å². The number of nitrogens with zero attached hydrogens (tertiary/aromatic N) is 2. The fourth-order valence-corrected chi connectivity index (χ4v) is 3.31. The molecule has 26 heavy (non-hydrogen) atoms. The van der Waals surface area contributed by atoms with Crippen LogP contribution in [0.4, 0.5) is 0 Å². The molecule has 6 heteroatoms. The second-order valence-corrected chi connectivity index (χ2v) is 7.66. The van der Waals surface area contributed by atoms with E-state index in [9.17, 15) is 9.90 Å². The van der Waals surface area contributed by atoms with Crippen molar-refractivity contribution in [3.8, 4) is 11.8 Å². The van der Waals surface area contributed by atoms with Gasteiger partial charge in [-0.3, -0.25) is 4.79 Å². The van der Waals surface area contributed by atoms with Gasteiger partial charge in [0, 0.05) is 12.8 Å². The normalized spacial score (nSPS) is 16.7. The highest BCUT2D eigenvalue weighted by Crippen LogP contribution is 2.41. The minimum atomic E-state index is -0.234. The summed E-state index contributed by atoms with van der Waals surface area (Å²) >= 11 is 5.78. The summed E-state index contributed by atoms with van der Waals surface area (Å²) in [7, 11) is 0. The van der Waals surface area contributed by atoms with Gasteiger partial charge in [-0.25, -0.2) is 9.97 Å². The van der Waals surface area contributed by atoms with E-state index in [0.29, 0.717) is 34.8 Å². The zero-order valence-corrected chi connectivity index (χ0v) is 15.8. The Kier molecular flexibility index (Phi) is 5.01. The molecule has 136 valence electrons. The van der Waals surface area contributed by atoms with Gasteiger partial charge in [0.2, 0.25) is 0 Å². The summed E-state index contributed by atoms with van der Waals surface area (Å²) in [5.74, 6) is 0.589. The molecule has 0 saturated carbocycles. The van der Waals surface area contributed by atoms with Crippen molar-refractivity contribution in [1.29, 1.82) is 0 Å². The number of ketones is 1. The van der Waals surface area contributed by atoms with Crippen LogP contribution in [0.15, 0.2) is 36.4 Å². The zero-order valence-electron chi connectivity index (χ0n) is 15.0. The lowest BCUT2D eigenvalue weighted by Crippen LogP contribution is -2.25. The van der Waals surface area contributed by atoms with Crippen LogP contribution in [0, 0.1) is 5.41 Å². The van der Waals surface area contributed by atoms with E-state index >= 15 is 0 Å². The first-order chi connectivity index (χ1) is 12.3. The monoisotopic (exact) mass is 372 g/mol. The maximum Gasteiger partial charge on any atom is 0.321 e. The molecule has 0 amide bonds. The van der Waals surface area contributed by atoms with Crippen molar-refractivity contribution in [2.75, 3.05) is 0 Å². The molecule has 1 aromatic heterocycles. The SMILES string of the molecule is CCc1ccc(Oc2ncc(Cl)cn2)cc1C1=C(O)CC(C)(C)CC1=O. The molecule has 0 saturated heterocycles. The van der Waals surface area contributed by atoms with Crippen LogP contribution >= 0.6 is 11.6 Å². The van der Waals surface area contributed by atoms with Crippen molar-refractivity contribution in [2.24, 2.45) is 5.41 Å². The van der Waals surface area contributed by atoms with Gasteiger partial charge in [0.05, 0.1) is 23.0 Å². The quantitative estimate of drug-likeness (QED) is 0.804. The molecule has 1 aliphatic rings. The van der Waals surface area contributed by atoms with Gasteiger partial charge >= 0.3 is 6.01 Å². The van der Waals surface area contributed by atoms with E-state index in [1.54, 1.807) is 12.1 Å². The van der Waals surface area contributed by atoms with Crippen LogP contribution in [0.5, 0.6) is 11.8 Å². The van der Waals surface area contributed by atoms with Crippen molar-refractivity contribution in [3.05, 3.63) is 52.5 Å². The second-order valence-electron chi connectivity index (χ2n) is 7.22. The number of ether oxygens (including phenoxy) is 1. The molecule has 0 atom stereocenters. The van der Waals surface area contributed by atoms with Gasteiger partial charge in [-0.15, -0.1) is 0 Å². The van der Waals surface area contributed by atoms with Crippen LogP contribution in [0.3, 0.4) is 0 Å². The molecule has 5 nitrogen and oxygen atoms in total. The molecular formula is C20H21ClN2O3. The Balaban J connectivity index is 2.01. The fraction of sp³-hybridized carbons (Fsp3) is 0.350. The maximum absolute atomic E-state index is 12.7.